The minimum absolute atomic E-state index is 0.123. The number of ether oxygens (including phenoxy) is 2. The zero-order valence-electron chi connectivity index (χ0n) is 14.6. The molecule has 25 heavy (non-hydrogen) atoms. The van der Waals surface area contributed by atoms with E-state index in [1.54, 1.807) is 31.2 Å². The van der Waals surface area contributed by atoms with E-state index in [1.165, 1.54) is 5.56 Å². The Balaban J connectivity index is 1.68. The van der Waals surface area contributed by atoms with Gasteiger partial charge in [-0.3, -0.25) is 4.79 Å². The summed E-state index contributed by atoms with van der Waals surface area (Å²) < 4.78 is 11.0. The van der Waals surface area contributed by atoms with E-state index in [4.69, 9.17) is 21.1 Å². The van der Waals surface area contributed by atoms with Gasteiger partial charge in [0.15, 0.2) is 6.10 Å². The summed E-state index contributed by atoms with van der Waals surface area (Å²) >= 11 is 5.83. The molecule has 0 heterocycles. The number of hydrogen-bond donors (Lipinski definition) is 1. The number of benzene rings is 2. The van der Waals surface area contributed by atoms with E-state index in [9.17, 15) is 4.79 Å². The van der Waals surface area contributed by atoms with Gasteiger partial charge in [-0.1, -0.05) is 23.7 Å². The Labute approximate surface area is 154 Å². The van der Waals surface area contributed by atoms with Gasteiger partial charge in [-0.25, -0.2) is 0 Å². The number of carbonyl (C=O) groups excluding carboxylic acids is 1. The molecule has 1 N–H and O–H groups in total. The van der Waals surface area contributed by atoms with E-state index in [0.717, 1.165) is 18.6 Å². The highest BCUT2D eigenvalue weighted by Gasteiger charge is 2.13. The molecule has 0 bridgehead atoms. The second-order valence-corrected chi connectivity index (χ2v) is 6.12. The second kappa shape index (κ2) is 9.94. The van der Waals surface area contributed by atoms with E-state index >= 15 is 0 Å². The van der Waals surface area contributed by atoms with Gasteiger partial charge < -0.3 is 14.8 Å². The van der Waals surface area contributed by atoms with Crippen LogP contribution in [0.4, 0.5) is 0 Å². The number of hydrogen-bond acceptors (Lipinski definition) is 3. The standard InChI is InChI=1S/C20H24ClNO3/c1-3-24-18-10-6-16(7-11-18)5-4-14-22-20(23)15(2)25-19-12-8-17(21)9-13-19/h6-13,15H,3-5,14H2,1-2H3,(H,22,23)/t15-/m0/s1. The number of halogens is 1. The predicted octanol–water partition coefficient (Wildman–Crippen LogP) is 4.26. The van der Waals surface area contributed by atoms with Crippen LogP contribution >= 0.6 is 11.6 Å². The van der Waals surface area contributed by atoms with Gasteiger partial charge in [-0.05, 0) is 68.7 Å². The summed E-state index contributed by atoms with van der Waals surface area (Å²) in [5.41, 5.74) is 1.23. The molecule has 0 unspecified atom stereocenters. The molecular formula is C20H24ClNO3. The van der Waals surface area contributed by atoms with Crippen LogP contribution in [0, 0.1) is 0 Å². The van der Waals surface area contributed by atoms with Crippen molar-refractivity contribution in [2.75, 3.05) is 13.2 Å². The molecule has 1 atom stereocenters. The molecule has 0 radical (unpaired) electrons. The summed E-state index contributed by atoms with van der Waals surface area (Å²) in [5, 5.41) is 3.54. The van der Waals surface area contributed by atoms with Crippen LogP contribution in [-0.2, 0) is 11.2 Å². The Morgan fingerprint density at radius 1 is 1.08 bits per heavy atom. The Bertz CT molecular complexity index is 656. The van der Waals surface area contributed by atoms with Crippen LogP contribution in [-0.4, -0.2) is 25.2 Å². The first-order valence-electron chi connectivity index (χ1n) is 8.50. The zero-order chi connectivity index (χ0) is 18.1. The molecule has 2 aromatic carbocycles. The van der Waals surface area contributed by atoms with Gasteiger partial charge in [0.2, 0.25) is 0 Å². The molecular weight excluding hydrogens is 338 g/mol. The third-order valence-corrected chi connectivity index (χ3v) is 3.92. The zero-order valence-corrected chi connectivity index (χ0v) is 15.4. The fraction of sp³-hybridized carbons (Fsp3) is 0.350. The first-order valence-corrected chi connectivity index (χ1v) is 8.88. The molecule has 4 nitrogen and oxygen atoms in total. The molecule has 0 aliphatic rings. The van der Waals surface area contributed by atoms with Gasteiger partial charge in [-0.15, -0.1) is 0 Å². The van der Waals surface area contributed by atoms with Crippen molar-refractivity contribution >= 4 is 17.5 Å². The van der Waals surface area contributed by atoms with Crippen molar-refractivity contribution in [3.05, 3.63) is 59.1 Å². The maximum atomic E-state index is 12.1. The molecule has 2 rings (SSSR count). The highest BCUT2D eigenvalue weighted by molar-refractivity contribution is 6.30. The van der Waals surface area contributed by atoms with Crippen LogP contribution < -0.4 is 14.8 Å². The van der Waals surface area contributed by atoms with Crippen molar-refractivity contribution < 1.29 is 14.3 Å². The number of amides is 1. The van der Waals surface area contributed by atoms with Crippen molar-refractivity contribution in [1.82, 2.24) is 5.32 Å². The van der Waals surface area contributed by atoms with Crippen molar-refractivity contribution in [1.29, 1.82) is 0 Å². The van der Waals surface area contributed by atoms with Crippen LogP contribution in [0.5, 0.6) is 11.5 Å². The average Bonchev–Trinajstić information content (AvgIpc) is 2.62. The third-order valence-electron chi connectivity index (χ3n) is 3.67. The Morgan fingerprint density at radius 3 is 2.36 bits per heavy atom. The molecule has 0 aliphatic carbocycles. The minimum atomic E-state index is -0.549. The van der Waals surface area contributed by atoms with E-state index in [1.807, 2.05) is 19.1 Å². The maximum absolute atomic E-state index is 12.1. The number of aryl methyl sites for hydroxylation is 1. The lowest BCUT2D eigenvalue weighted by molar-refractivity contribution is -0.127. The summed E-state index contributed by atoms with van der Waals surface area (Å²) in [6.07, 6.45) is 1.22. The van der Waals surface area contributed by atoms with Gasteiger partial charge >= 0.3 is 0 Å². The lowest BCUT2D eigenvalue weighted by Crippen LogP contribution is -2.36. The van der Waals surface area contributed by atoms with Crippen LogP contribution in [0.2, 0.25) is 5.02 Å². The molecule has 0 aromatic heterocycles. The SMILES string of the molecule is CCOc1ccc(CCCNC(=O)[C@H](C)Oc2ccc(Cl)cc2)cc1. The summed E-state index contributed by atoms with van der Waals surface area (Å²) in [6.45, 7) is 4.98. The van der Waals surface area contributed by atoms with Crippen molar-refractivity contribution in [3.63, 3.8) is 0 Å². The Hall–Kier alpha value is -2.20. The summed E-state index contributed by atoms with van der Waals surface area (Å²) in [5.74, 6) is 1.39. The van der Waals surface area contributed by atoms with E-state index < -0.39 is 6.10 Å². The van der Waals surface area contributed by atoms with E-state index in [2.05, 4.69) is 17.4 Å². The average molecular weight is 362 g/mol. The maximum Gasteiger partial charge on any atom is 0.260 e. The van der Waals surface area contributed by atoms with Gasteiger partial charge in [-0.2, -0.15) is 0 Å². The van der Waals surface area contributed by atoms with Crippen molar-refractivity contribution in [2.45, 2.75) is 32.8 Å². The fourth-order valence-corrected chi connectivity index (χ4v) is 2.46. The minimum Gasteiger partial charge on any atom is -0.494 e. The molecule has 0 spiro atoms. The number of carbonyl (C=O) groups is 1. The van der Waals surface area contributed by atoms with Gasteiger partial charge in [0, 0.05) is 11.6 Å². The highest BCUT2D eigenvalue weighted by Crippen LogP contribution is 2.17. The summed E-state index contributed by atoms with van der Waals surface area (Å²) in [7, 11) is 0. The fourth-order valence-electron chi connectivity index (χ4n) is 2.34. The Kier molecular flexibility index (Phi) is 7.61. The van der Waals surface area contributed by atoms with Gasteiger partial charge in [0.1, 0.15) is 11.5 Å². The molecule has 0 saturated carbocycles. The first-order chi connectivity index (χ1) is 12.1. The normalized spacial score (nSPS) is 11.6. The monoisotopic (exact) mass is 361 g/mol. The molecule has 5 heteroatoms. The predicted molar refractivity (Wildman–Crippen MR) is 100 cm³/mol. The molecule has 0 saturated heterocycles. The molecule has 134 valence electrons. The molecule has 0 fully saturated rings. The van der Waals surface area contributed by atoms with Crippen LogP contribution in [0.1, 0.15) is 25.8 Å². The summed E-state index contributed by atoms with van der Waals surface area (Å²) in [6, 6.07) is 15.0. The lowest BCUT2D eigenvalue weighted by Gasteiger charge is -2.14. The third kappa shape index (κ3) is 6.67. The van der Waals surface area contributed by atoms with Gasteiger partial charge in [0.05, 0.1) is 6.61 Å². The smallest absolute Gasteiger partial charge is 0.260 e. The summed E-state index contributed by atoms with van der Waals surface area (Å²) in [4.78, 5) is 12.1. The van der Waals surface area contributed by atoms with Crippen molar-refractivity contribution in [3.8, 4) is 11.5 Å². The number of nitrogens with one attached hydrogen (secondary N) is 1. The molecule has 1 amide bonds. The lowest BCUT2D eigenvalue weighted by atomic mass is 10.1. The van der Waals surface area contributed by atoms with Crippen LogP contribution in [0.15, 0.2) is 48.5 Å². The number of rotatable bonds is 9. The van der Waals surface area contributed by atoms with Crippen LogP contribution in [0.25, 0.3) is 0 Å². The highest BCUT2D eigenvalue weighted by atomic mass is 35.5. The van der Waals surface area contributed by atoms with Crippen LogP contribution in [0.3, 0.4) is 0 Å². The first kappa shape index (κ1) is 19.1. The van der Waals surface area contributed by atoms with E-state index in [0.29, 0.717) is 23.9 Å². The largest absolute Gasteiger partial charge is 0.494 e. The molecule has 2 aromatic rings. The van der Waals surface area contributed by atoms with Gasteiger partial charge in [0.25, 0.3) is 5.91 Å². The van der Waals surface area contributed by atoms with E-state index in [-0.39, 0.29) is 5.91 Å². The topological polar surface area (TPSA) is 47.6 Å². The quantitative estimate of drug-likeness (QED) is 0.679. The molecule has 0 aliphatic heterocycles. The second-order valence-electron chi connectivity index (χ2n) is 5.69. The van der Waals surface area contributed by atoms with Crippen molar-refractivity contribution in [2.24, 2.45) is 0 Å². The Morgan fingerprint density at radius 2 is 1.72 bits per heavy atom.